The lowest BCUT2D eigenvalue weighted by Gasteiger charge is -2.08. The molecule has 3 aromatic rings. The minimum Gasteiger partial charge on any atom is -0.343 e. The summed E-state index contributed by atoms with van der Waals surface area (Å²) < 4.78 is 5.42. The van der Waals surface area contributed by atoms with Gasteiger partial charge in [-0.3, -0.25) is 9.59 Å². The number of benzene rings is 2. The van der Waals surface area contributed by atoms with Crippen LogP contribution in [0.3, 0.4) is 0 Å². The van der Waals surface area contributed by atoms with Crippen LogP contribution in [0.5, 0.6) is 0 Å². The van der Waals surface area contributed by atoms with Gasteiger partial charge in [-0.15, -0.1) is 0 Å². The molecule has 2 amide bonds. The minimum absolute atomic E-state index is 0.151. The van der Waals surface area contributed by atoms with E-state index in [0.717, 1.165) is 24.0 Å². The Bertz CT molecular complexity index is 1090. The molecule has 1 aliphatic rings. The minimum atomic E-state index is -0.344. The zero-order chi connectivity index (χ0) is 21.8. The van der Waals surface area contributed by atoms with E-state index in [1.54, 1.807) is 36.4 Å². The van der Waals surface area contributed by atoms with E-state index in [-0.39, 0.29) is 18.4 Å². The molecule has 4 rings (SSSR count). The summed E-state index contributed by atoms with van der Waals surface area (Å²) in [7, 11) is 0. The Morgan fingerprint density at radius 1 is 1.13 bits per heavy atom. The summed E-state index contributed by atoms with van der Waals surface area (Å²) in [5.74, 6) is 0.882. The Labute approximate surface area is 185 Å². The van der Waals surface area contributed by atoms with Crippen LogP contribution >= 0.6 is 11.6 Å². The molecule has 8 heteroatoms. The highest BCUT2D eigenvalue weighted by molar-refractivity contribution is 6.31. The number of halogens is 1. The smallest absolute Gasteiger partial charge is 0.251 e. The number of amides is 2. The maximum atomic E-state index is 12.4. The summed E-state index contributed by atoms with van der Waals surface area (Å²) in [6.07, 6.45) is 4.57. The van der Waals surface area contributed by atoms with Crippen molar-refractivity contribution in [2.24, 2.45) is 0 Å². The van der Waals surface area contributed by atoms with Crippen LogP contribution in [0.2, 0.25) is 5.02 Å². The molecule has 2 aromatic carbocycles. The van der Waals surface area contributed by atoms with Gasteiger partial charge in [0, 0.05) is 27.8 Å². The summed E-state index contributed by atoms with van der Waals surface area (Å²) in [6.45, 7) is 1.73. The molecule has 0 atom stereocenters. The van der Waals surface area contributed by atoms with Crippen molar-refractivity contribution in [2.45, 2.75) is 38.5 Å². The summed E-state index contributed by atoms with van der Waals surface area (Å²) in [6, 6.07) is 12.1. The van der Waals surface area contributed by atoms with Gasteiger partial charge in [-0.25, -0.2) is 0 Å². The van der Waals surface area contributed by atoms with Crippen LogP contribution in [0.15, 0.2) is 47.0 Å². The lowest BCUT2D eigenvalue weighted by Crippen LogP contribution is -2.32. The van der Waals surface area contributed by atoms with Crippen molar-refractivity contribution in [2.75, 3.05) is 11.9 Å². The fraction of sp³-hybridized carbons (Fsp3) is 0.304. The third kappa shape index (κ3) is 5.11. The van der Waals surface area contributed by atoms with Gasteiger partial charge >= 0.3 is 0 Å². The lowest BCUT2D eigenvalue weighted by atomic mass is 10.1. The molecule has 7 nitrogen and oxygen atoms in total. The van der Waals surface area contributed by atoms with Crippen molar-refractivity contribution < 1.29 is 14.1 Å². The number of aromatic nitrogens is 2. The first kappa shape index (κ1) is 21.1. The molecular weight excluding hydrogens is 416 g/mol. The van der Waals surface area contributed by atoms with Crippen LogP contribution < -0.4 is 10.6 Å². The predicted molar refractivity (Wildman–Crippen MR) is 118 cm³/mol. The van der Waals surface area contributed by atoms with Gasteiger partial charge in [0.05, 0.1) is 6.54 Å². The van der Waals surface area contributed by atoms with Crippen molar-refractivity contribution in [1.29, 1.82) is 0 Å². The standard InChI is InChI=1S/C23H23ClN4O3/c1-14-6-11-18(12-19(14)24)26-20(29)13-25-22(30)16-9-7-15(8-10-16)21-27-23(31-28-21)17-4-2-3-5-17/h6-12,17H,2-5,13H2,1H3,(H,25,30)(H,26,29). The average Bonchev–Trinajstić information content (AvgIpc) is 3.47. The molecule has 1 aliphatic carbocycles. The highest BCUT2D eigenvalue weighted by Crippen LogP contribution is 2.33. The maximum Gasteiger partial charge on any atom is 0.251 e. The average molecular weight is 439 g/mol. The molecule has 0 radical (unpaired) electrons. The molecule has 0 saturated heterocycles. The van der Waals surface area contributed by atoms with Gasteiger partial charge in [0.2, 0.25) is 17.6 Å². The first-order valence-electron chi connectivity index (χ1n) is 10.3. The molecule has 1 aromatic heterocycles. The molecule has 160 valence electrons. The quantitative estimate of drug-likeness (QED) is 0.580. The summed E-state index contributed by atoms with van der Waals surface area (Å²) in [5, 5.41) is 9.96. The van der Waals surface area contributed by atoms with Crippen LogP contribution in [0.4, 0.5) is 5.69 Å². The monoisotopic (exact) mass is 438 g/mol. The van der Waals surface area contributed by atoms with E-state index >= 15 is 0 Å². The molecule has 1 heterocycles. The Morgan fingerprint density at radius 2 is 1.87 bits per heavy atom. The van der Waals surface area contributed by atoms with Gasteiger partial charge in [0.1, 0.15) is 0 Å². The molecular formula is C23H23ClN4O3. The number of hydrogen-bond acceptors (Lipinski definition) is 5. The Morgan fingerprint density at radius 3 is 2.58 bits per heavy atom. The largest absolute Gasteiger partial charge is 0.343 e. The molecule has 31 heavy (non-hydrogen) atoms. The number of carbonyl (C=O) groups is 2. The zero-order valence-corrected chi connectivity index (χ0v) is 17.9. The van der Waals surface area contributed by atoms with Crippen LogP contribution in [0, 0.1) is 6.92 Å². The normalized spacial score (nSPS) is 13.9. The second kappa shape index (κ2) is 9.31. The Kier molecular flexibility index (Phi) is 6.32. The number of nitrogens with one attached hydrogen (secondary N) is 2. The molecule has 0 spiro atoms. The number of rotatable bonds is 6. The van der Waals surface area contributed by atoms with E-state index < -0.39 is 0 Å². The van der Waals surface area contributed by atoms with Crippen molar-refractivity contribution in [1.82, 2.24) is 15.5 Å². The number of carbonyl (C=O) groups excluding carboxylic acids is 2. The van der Waals surface area contributed by atoms with E-state index in [2.05, 4.69) is 20.8 Å². The van der Waals surface area contributed by atoms with Crippen LogP contribution in [0.1, 0.15) is 53.4 Å². The summed E-state index contributed by atoms with van der Waals surface area (Å²) in [5.41, 5.74) is 2.72. The van der Waals surface area contributed by atoms with E-state index in [0.29, 0.717) is 33.9 Å². The van der Waals surface area contributed by atoms with Crippen molar-refractivity contribution in [3.63, 3.8) is 0 Å². The summed E-state index contributed by atoms with van der Waals surface area (Å²) >= 11 is 6.06. The van der Waals surface area contributed by atoms with Gasteiger partial charge < -0.3 is 15.2 Å². The molecule has 0 aliphatic heterocycles. The van der Waals surface area contributed by atoms with Crippen LogP contribution in [-0.2, 0) is 4.79 Å². The number of aryl methyl sites for hydroxylation is 1. The topological polar surface area (TPSA) is 97.1 Å². The zero-order valence-electron chi connectivity index (χ0n) is 17.2. The molecule has 0 bridgehead atoms. The molecule has 0 unspecified atom stereocenters. The third-order valence-corrected chi connectivity index (χ3v) is 5.82. The lowest BCUT2D eigenvalue weighted by molar-refractivity contribution is -0.115. The third-order valence-electron chi connectivity index (χ3n) is 5.42. The maximum absolute atomic E-state index is 12.4. The Hall–Kier alpha value is -3.19. The SMILES string of the molecule is Cc1ccc(NC(=O)CNC(=O)c2ccc(-c3noc(C4CCCC4)n3)cc2)cc1Cl. The van der Waals surface area contributed by atoms with E-state index in [9.17, 15) is 9.59 Å². The molecule has 2 N–H and O–H groups in total. The fourth-order valence-corrected chi connectivity index (χ4v) is 3.78. The van der Waals surface area contributed by atoms with E-state index in [4.69, 9.17) is 16.1 Å². The number of nitrogens with zero attached hydrogens (tertiary/aromatic N) is 2. The van der Waals surface area contributed by atoms with Crippen LogP contribution in [-0.4, -0.2) is 28.5 Å². The summed E-state index contributed by atoms with van der Waals surface area (Å²) in [4.78, 5) is 29.0. The van der Waals surface area contributed by atoms with Crippen molar-refractivity contribution in [3.8, 4) is 11.4 Å². The molecule has 1 fully saturated rings. The number of hydrogen-bond donors (Lipinski definition) is 2. The van der Waals surface area contributed by atoms with E-state index in [1.165, 1.54) is 12.8 Å². The Balaban J connectivity index is 1.31. The number of anilines is 1. The van der Waals surface area contributed by atoms with E-state index in [1.807, 2.05) is 13.0 Å². The first-order chi connectivity index (χ1) is 15.0. The van der Waals surface area contributed by atoms with Crippen LogP contribution in [0.25, 0.3) is 11.4 Å². The second-order valence-electron chi connectivity index (χ2n) is 7.71. The van der Waals surface area contributed by atoms with Gasteiger partial charge in [-0.05, 0) is 49.6 Å². The van der Waals surface area contributed by atoms with Gasteiger partial charge in [-0.2, -0.15) is 4.98 Å². The highest BCUT2D eigenvalue weighted by atomic mass is 35.5. The van der Waals surface area contributed by atoms with Gasteiger partial charge in [0.25, 0.3) is 5.91 Å². The fourth-order valence-electron chi connectivity index (χ4n) is 3.60. The highest BCUT2D eigenvalue weighted by Gasteiger charge is 2.23. The predicted octanol–water partition coefficient (Wildman–Crippen LogP) is 4.72. The van der Waals surface area contributed by atoms with Gasteiger partial charge in [-0.1, -0.05) is 47.8 Å². The van der Waals surface area contributed by atoms with Gasteiger partial charge in [0.15, 0.2) is 0 Å². The first-order valence-corrected chi connectivity index (χ1v) is 10.7. The second-order valence-corrected chi connectivity index (χ2v) is 8.12. The van der Waals surface area contributed by atoms with Crippen molar-refractivity contribution >= 4 is 29.1 Å². The van der Waals surface area contributed by atoms with Crippen molar-refractivity contribution in [3.05, 3.63) is 64.5 Å². The molecule has 1 saturated carbocycles.